The lowest BCUT2D eigenvalue weighted by Gasteiger charge is -1.97. The summed E-state index contributed by atoms with van der Waals surface area (Å²) < 4.78 is 0. The van der Waals surface area contributed by atoms with Crippen molar-refractivity contribution in [2.75, 3.05) is 13.6 Å². The zero-order valence-corrected chi connectivity index (χ0v) is 7.06. The molecule has 2 nitrogen and oxygen atoms in total. The monoisotopic (exact) mass is 142 g/mol. The highest BCUT2D eigenvalue weighted by Gasteiger charge is 1.89. The highest BCUT2D eigenvalue weighted by Crippen LogP contribution is 1.99. The second-order valence-corrected chi connectivity index (χ2v) is 2.56. The molecular formula is C8H18N2. The topological polar surface area (TPSA) is 38.4 Å². The van der Waals surface area contributed by atoms with Crippen molar-refractivity contribution in [2.24, 2.45) is 10.7 Å². The van der Waals surface area contributed by atoms with Gasteiger partial charge in [0.15, 0.2) is 0 Å². The minimum absolute atomic E-state index is 0.822. The van der Waals surface area contributed by atoms with Crippen molar-refractivity contribution in [2.45, 2.75) is 32.6 Å². The third-order valence-corrected chi connectivity index (χ3v) is 1.62. The van der Waals surface area contributed by atoms with E-state index in [1.165, 1.54) is 18.6 Å². The van der Waals surface area contributed by atoms with Crippen molar-refractivity contribution in [3.8, 4) is 0 Å². The summed E-state index contributed by atoms with van der Waals surface area (Å²) in [6.07, 6.45) is 4.76. The molecular weight excluding hydrogens is 124 g/mol. The van der Waals surface area contributed by atoms with Crippen molar-refractivity contribution in [1.29, 1.82) is 0 Å². The maximum absolute atomic E-state index is 5.35. The van der Waals surface area contributed by atoms with Crippen LogP contribution in [0.25, 0.3) is 0 Å². The Labute approximate surface area is 63.5 Å². The molecule has 0 spiro atoms. The molecule has 0 heterocycles. The van der Waals surface area contributed by atoms with Crippen LogP contribution < -0.4 is 5.73 Å². The first kappa shape index (κ1) is 9.63. The Kier molecular flexibility index (Phi) is 6.50. The number of hydrogen-bond acceptors (Lipinski definition) is 2. The van der Waals surface area contributed by atoms with Gasteiger partial charge in [-0.1, -0.05) is 6.42 Å². The number of rotatable bonds is 5. The number of nitrogens with zero attached hydrogens (tertiary/aromatic N) is 1. The summed E-state index contributed by atoms with van der Waals surface area (Å²) in [5.74, 6) is 0. The fourth-order valence-electron chi connectivity index (χ4n) is 0.814. The molecule has 0 rings (SSSR count). The van der Waals surface area contributed by atoms with E-state index >= 15 is 0 Å². The van der Waals surface area contributed by atoms with E-state index in [0.29, 0.717) is 0 Å². The van der Waals surface area contributed by atoms with E-state index in [1.54, 1.807) is 0 Å². The molecule has 0 saturated carbocycles. The van der Waals surface area contributed by atoms with E-state index < -0.39 is 0 Å². The maximum Gasteiger partial charge on any atom is 0.0276 e. The predicted octanol–water partition coefficient (Wildman–Crippen LogP) is 1.60. The summed E-state index contributed by atoms with van der Waals surface area (Å²) in [6.45, 7) is 2.89. The molecule has 0 atom stereocenters. The number of hydrogen-bond donors (Lipinski definition) is 1. The van der Waals surface area contributed by atoms with Crippen LogP contribution in [0.3, 0.4) is 0 Å². The molecule has 2 N–H and O–H groups in total. The molecule has 0 aliphatic carbocycles. The Morgan fingerprint density at radius 3 is 2.50 bits per heavy atom. The number of unbranched alkanes of at least 4 members (excludes halogenated alkanes) is 2. The van der Waals surface area contributed by atoms with Crippen LogP contribution in [0.5, 0.6) is 0 Å². The second kappa shape index (κ2) is 6.75. The summed E-state index contributed by atoms with van der Waals surface area (Å²) in [6, 6.07) is 0. The second-order valence-electron chi connectivity index (χ2n) is 2.56. The minimum atomic E-state index is 0.822. The molecule has 0 aromatic rings. The first-order chi connectivity index (χ1) is 4.81. The van der Waals surface area contributed by atoms with Gasteiger partial charge in [0, 0.05) is 12.8 Å². The van der Waals surface area contributed by atoms with Crippen LogP contribution in [0, 0.1) is 0 Å². The van der Waals surface area contributed by atoms with Crippen LogP contribution in [-0.4, -0.2) is 19.3 Å². The van der Waals surface area contributed by atoms with E-state index in [2.05, 4.69) is 11.9 Å². The van der Waals surface area contributed by atoms with Gasteiger partial charge in [0.25, 0.3) is 0 Å². The largest absolute Gasteiger partial charge is 0.330 e. The zero-order valence-electron chi connectivity index (χ0n) is 7.06. The molecule has 0 bridgehead atoms. The van der Waals surface area contributed by atoms with Gasteiger partial charge in [-0.05, 0) is 32.7 Å². The van der Waals surface area contributed by atoms with Gasteiger partial charge in [0.05, 0.1) is 0 Å². The molecule has 0 aliphatic heterocycles. The fourth-order valence-corrected chi connectivity index (χ4v) is 0.814. The van der Waals surface area contributed by atoms with Crippen LogP contribution >= 0.6 is 0 Å². The lowest BCUT2D eigenvalue weighted by atomic mass is 10.1. The van der Waals surface area contributed by atoms with E-state index in [4.69, 9.17) is 5.73 Å². The lowest BCUT2D eigenvalue weighted by Crippen LogP contribution is -1.98. The van der Waals surface area contributed by atoms with Crippen molar-refractivity contribution in [1.82, 2.24) is 0 Å². The molecule has 0 aromatic heterocycles. The fraction of sp³-hybridized carbons (Fsp3) is 0.875. The Morgan fingerprint density at radius 1 is 1.30 bits per heavy atom. The SMILES string of the molecule is C/N=C(/C)CCCCCN. The maximum atomic E-state index is 5.35. The van der Waals surface area contributed by atoms with Crippen LogP contribution in [0.4, 0.5) is 0 Å². The summed E-state index contributed by atoms with van der Waals surface area (Å²) in [4.78, 5) is 4.07. The van der Waals surface area contributed by atoms with Crippen molar-refractivity contribution in [3.05, 3.63) is 0 Å². The number of nitrogens with two attached hydrogens (primary N) is 1. The van der Waals surface area contributed by atoms with Gasteiger partial charge >= 0.3 is 0 Å². The molecule has 0 aliphatic rings. The smallest absolute Gasteiger partial charge is 0.0276 e. The van der Waals surface area contributed by atoms with Gasteiger partial charge in [-0.25, -0.2) is 0 Å². The first-order valence-electron chi connectivity index (χ1n) is 3.93. The average molecular weight is 142 g/mol. The Morgan fingerprint density at radius 2 is 2.00 bits per heavy atom. The van der Waals surface area contributed by atoms with Crippen molar-refractivity contribution in [3.63, 3.8) is 0 Å². The average Bonchev–Trinajstić information content (AvgIpc) is 1.98. The Hall–Kier alpha value is -0.370. The predicted molar refractivity (Wildman–Crippen MR) is 46.6 cm³/mol. The van der Waals surface area contributed by atoms with Crippen LogP contribution in [0.2, 0.25) is 0 Å². The van der Waals surface area contributed by atoms with Gasteiger partial charge < -0.3 is 5.73 Å². The minimum Gasteiger partial charge on any atom is -0.330 e. The van der Waals surface area contributed by atoms with Crippen molar-refractivity contribution >= 4 is 5.71 Å². The molecule has 0 radical (unpaired) electrons. The summed E-state index contributed by atoms with van der Waals surface area (Å²) in [5, 5.41) is 0. The highest BCUT2D eigenvalue weighted by atomic mass is 14.7. The van der Waals surface area contributed by atoms with Gasteiger partial charge in [0.1, 0.15) is 0 Å². The van der Waals surface area contributed by atoms with Gasteiger partial charge in [0.2, 0.25) is 0 Å². The lowest BCUT2D eigenvalue weighted by molar-refractivity contribution is 0.704. The van der Waals surface area contributed by atoms with Crippen LogP contribution in [0.15, 0.2) is 4.99 Å². The highest BCUT2D eigenvalue weighted by molar-refractivity contribution is 5.81. The molecule has 60 valence electrons. The van der Waals surface area contributed by atoms with Crippen LogP contribution in [-0.2, 0) is 0 Å². The summed E-state index contributed by atoms with van der Waals surface area (Å²) in [7, 11) is 1.85. The van der Waals surface area contributed by atoms with E-state index in [0.717, 1.165) is 19.4 Å². The zero-order chi connectivity index (χ0) is 7.82. The van der Waals surface area contributed by atoms with E-state index in [9.17, 15) is 0 Å². The Balaban J connectivity index is 3.04. The van der Waals surface area contributed by atoms with E-state index in [1.807, 2.05) is 7.05 Å². The molecule has 2 heteroatoms. The Bertz CT molecular complexity index is 97.4. The van der Waals surface area contributed by atoms with Crippen LogP contribution in [0.1, 0.15) is 32.6 Å². The molecule has 0 amide bonds. The quantitative estimate of drug-likeness (QED) is 0.459. The summed E-state index contributed by atoms with van der Waals surface area (Å²) >= 11 is 0. The van der Waals surface area contributed by atoms with Gasteiger partial charge in [-0.2, -0.15) is 0 Å². The van der Waals surface area contributed by atoms with Gasteiger partial charge in [-0.15, -0.1) is 0 Å². The van der Waals surface area contributed by atoms with Gasteiger partial charge in [-0.3, -0.25) is 4.99 Å². The molecule has 0 saturated heterocycles. The first-order valence-corrected chi connectivity index (χ1v) is 3.93. The van der Waals surface area contributed by atoms with Crippen molar-refractivity contribution < 1.29 is 0 Å². The standard InChI is InChI=1S/C8H18N2/c1-8(10-2)6-4-3-5-7-9/h3-7,9H2,1-2H3/b10-8-. The third kappa shape index (κ3) is 5.76. The molecule has 0 fully saturated rings. The van der Waals surface area contributed by atoms with E-state index in [-0.39, 0.29) is 0 Å². The number of aliphatic imine (C=N–C) groups is 1. The molecule has 0 aromatic carbocycles. The third-order valence-electron chi connectivity index (χ3n) is 1.62. The summed E-state index contributed by atoms with van der Waals surface area (Å²) in [5.41, 5.74) is 6.59. The normalized spacial score (nSPS) is 12.1. The molecule has 10 heavy (non-hydrogen) atoms. The molecule has 0 unspecified atom stereocenters.